The molecule has 0 amide bonds. The van der Waals surface area contributed by atoms with E-state index in [1.54, 1.807) is 0 Å². The summed E-state index contributed by atoms with van der Waals surface area (Å²) in [5.41, 5.74) is -0.300. The van der Waals surface area contributed by atoms with Gasteiger partial charge in [-0.05, 0) is 32.6 Å². The van der Waals surface area contributed by atoms with Crippen molar-refractivity contribution < 1.29 is 14.9 Å². The highest BCUT2D eigenvalue weighted by atomic mass is 16.5. The van der Waals surface area contributed by atoms with Gasteiger partial charge in [0.05, 0.1) is 24.9 Å². The van der Waals surface area contributed by atoms with Crippen LogP contribution in [0.2, 0.25) is 0 Å². The fraction of sp³-hybridized carbons (Fsp3) is 1.00. The topological polar surface area (TPSA) is 61.7 Å². The molecule has 2 saturated carbocycles. The van der Waals surface area contributed by atoms with Crippen molar-refractivity contribution >= 4 is 0 Å². The van der Waals surface area contributed by atoms with Crippen molar-refractivity contribution in [3.63, 3.8) is 0 Å². The van der Waals surface area contributed by atoms with Crippen LogP contribution in [0, 0.1) is 5.41 Å². The Labute approximate surface area is 122 Å². The molecule has 4 nitrogen and oxygen atoms in total. The molecule has 2 atom stereocenters. The molecule has 4 heteroatoms. The molecule has 2 rings (SSSR count). The molecule has 0 saturated heterocycles. The quantitative estimate of drug-likeness (QED) is 0.668. The second-order valence-electron chi connectivity index (χ2n) is 6.62. The van der Waals surface area contributed by atoms with Crippen LogP contribution < -0.4 is 5.32 Å². The van der Waals surface area contributed by atoms with Crippen LogP contribution in [-0.4, -0.2) is 47.7 Å². The molecule has 0 aliphatic heterocycles. The Morgan fingerprint density at radius 1 is 1.15 bits per heavy atom. The second kappa shape index (κ2) is 6.73. The van der Waals surface area contributed by atoms with E-state index in [1.807, 2.05) is 6.92 Å². The van der Waals surface area contributed by atoms with E-state index in [0.717, 1.165) is 19.4 Å². The molecule has 0 heterocycles. The van der Waals surface area contributed by atoms with Gasteiger partial charge in [-0.25, -0.2) is 0 Å². The molecule has 0 aromatic rings. The summed E-state index contributed by atoms with van der Waals surface area (Å²) in [5, 5.41) is 22.9. The van der Waals surface area contributed by atoms with Crippen LogP contribution >= 0.6 is 0 Å². The lowest BCUT2D eigenvalue weighted by molar-refractivity contribution is -0.159. The van der Waals surface area contributed by atoms with Gasteiger partial charge in [0.2, 0.25) is 0 Å². The molecule has 2 unspecified atom stereocenters. The van der Waals surface area contributed by atoms with E-state index >= 15 is 0 Å². The number of aliphatic hydroxyl groups is 2. The maximum Gasteiger partial charge on any atom is 0.0661 e. The Morgan fingerprint density at radius 2 is 1.80 bits per heavy atom. The number of ether oxygens (including phenoxy) is 1. The Morgan fingerprint density at radius 3 is 2.30 bits per heavy atom. The minimum absolute atomic E-state index is 0.00805. The molecule has 2 fully saturated rings. The first-order chi connectivity index (χ1) is 9.66. The fourth-order valence-electron chi connectivity index (χ4n) is 4.10. The predicted molar refractivity (Wildman–Crippen MR) is 79.7 cm³/mol. The summed E-state index contributed by atoms with van der Waals surface area (Å²) in [6.07, 6.45) is 8.42. The Kier molecular flexibility index (Phi) is 5.46. The first-order valence-corrected chi connectivity index (χ1v) is 8.27. The minimum atomic E-state index is -0.535. The van der Waals surface area contributed by atoms with Crippen molar-refractivity contribution in [1.82, 2.24) is 5.32 Å². The summed E-state index contributed by atoms with van der Waals surface area (Å²) in [6, 6.07) is 0.374. The third-order valence-electron chi connectivity index (χ3n) is 5.70. The van der Waals surface area contributed by atoms with E-state index in [0.29, 0.717) is 12.1 Å². The number of hydrogen-bond donors (Lipinski definition) is 3. The minimum Gasteiger partial charge on any atom is -0.394 e. The van der Waals surface area contributed by atoms with E-state index < -0.39 is 5.54 Å². The van der Waals surface area contributed by atoms with Crippen LogP contribution in [-0.2, 0) is 4.74 Å². The molecule has 1 spiro atoms. The summed E-state index contributed by atoms with van der Waals surface area (Å²) in [6.45, 7) is 4.84. The lowest BCUT2D eigenvalue weighted by Crippen LogP contribution is -2.70. The van der Waals surface area contributed by atoms with E-state index in [4.69, 9.17) is 4.74 Å². The standard InChI is InChI=1S/C16H31NO3/c1-3-15(11-18,12-19)17-13-10-14(20-4-2)16(13)8-6-5-7-9-16/h13-14,17-19H,3-12H2,1-2H3. The van der Waals surface area contributed by atoms with Crippen molar-refractivity contribution in [2.24, 2.45) is 5.41 Å². The van der Waals surface area contributed by atoms with Crippen LogP contribution in [0.1, 0.15) is 58.8 Å². The molecule has 3 N–H and O–H groups in total. The fourth-order valence-corrected chi connectivity index (χ4v) is 4.10. The van der Waals surface area contributed by atoms with Gasteiger partial charge in [-0.2, -0.15) is 0 Å². The number of nitrogens with one attached hydrogen (secondary N) is 1. The van der Waals surface area contributed by atoms with Gasteiger partial charge in [0.25, 0.3) is 0 Å². The van der Waals surface area contributed by atoms with Crippen molar-refractivity contribution in [2.45, 2.75) is 76.5 Å². The maximum atomic E-state index is 9.65. The summed E-state index contributed by atoms with van der Waals surface area (Å²) < 4.78 is 5.95. The number of aliphatic hydroxyl groups excluding tert-OH is 2. The SMILES string of the molecule is CCOC1CC(NC(CC)(CO)CO)C12CCCCC2. The van der Waals surface area contributed by atoms with Crippen LogP contribution in [0.5, 0.6) is 0 Å². The van der Waals surface area contributed by atoms with E-state index in [1.165, 1.54) is 32.1 Å². The summed E-state index contributed by atoms with van der Waals surface area (Å²) >= 11 is 0. The lowest BCUT2D eigenvalue weighted by atomic mass is 9.54. The van der Waals surface area contributed by atoms with Gasteiger partial charge in [-0.15, -0.1) is 0 Å². The largest absolute Gasteiger partial charge is 0.394 e. The molecule has 0 aromatic carbocycles. The molecule has 0 bridgehead atoms. The molecular formula is C16H31NO3. The maximum absolute atomic E-state index is 9.65. The first-order valence-electron chi connectivity index (χ1n) is 8.27. The highest BCUT2D eigenvalue weighted by Gasteiger charge is 2.56. The zero-order valence-corrected chi connectivity index (χ0v) is 13.0. The van der Waals surface area contributed by atoms with E-state index in [-0.39, 0.29) is 18.6 Å². The summed E-state index contributed by atoms with van der Waals surface area (Å²) in [5.74, 6) is 0. The van der Waals surface area contributed by atoms with Crippen LogP contribution in [0.4, 0.5) is 0 Å². The van der Waals surface area contributed by atoms with Crippen molar-refractivity contribution in [2.75, 3.05) is 19.8 Å². The zero-order valence-electron chi connectivity index (χ0n) is 13.0. The predicted octanol–water partition coefficient (Wildman–Crippen LogP) is 1.84. The van der Waals surface area contributed by atoms with Crippen LogP contribution in [0.15, 0.2) is 0 Å². The lowest BCUT2D eigenvalue weighted by Gasteiger charge is -2.59. The van der Waals surface area contributed by atoms with Crippen molar-refractivity contribution in [1.29, 1.82) is 0 Å². The van der Waals surface area contributed by atoms with Crippen LogP contribution in [0.3, 0.4) is 0 Å². The summed E-state index contributed by atoms with van der Waals surface area (Å²) in [7, 11) is 0. The number of hydrogen-bond acceptors (Lipinski definition) is 4. The van der Waals surface area contributed by atoms with Gasteiger partial charge in [0.1, 0.15) is 0 Å². The Balaban J connectivity index is 2.07. The smallest absolute Gasteiger partial charge is 0.0661 e. The average Bonchev–Trinajstić information content (AvgIpc) is 2.52. The van der Waals surface area contributed by atoms with E-state index in [9.17, 15) is 10.2 Å². The third-order valence-corrected chi connectivity index (χ3v) is 5.70. The highest BCUT2D eigenvalue weighted by Crippen LogP contribution is 2.53. The molecule has 20 heavy (non-hydrogen) atoms. The number of rotatable bonds is 7. The molecule has 2 aliphatic carbocycles. The monoisotopic (exact) mass is 285 g/mol. The highest BCUT2D eigenvalue weighted by molar-refractivity contribution is 5.11. The normalized spacial score (nSPS) is 29.4. The van der Waals surface area contributed by atoms with Gasteiger partial charge in [-0.1, -0.05) is 26.2 Å². The molecule has 2 aliphatic rings. The van der Waals surface area contributed by atoms with Crippen molar-refractivity contribution in [3.8, 4) is 0 Å². The Bertz CT molecular complexity index is 290. The van der Waals surface area contributed by atoms with Crippen LogP contribution in [0.25, 0.3) is 0 Å². The molecule has 0 aromatic heterocycles. The Hall–Kier alpha value is -0.160. The molecule has 0 radical (unpaired) electrons. The van der Waals surface area contributed by atoms with E-state index in [2.05, 4.69) is 12.2 Å². The second-order valence-corrected chi connectivity index (χ2v) is 6.62. The van der Waals surface area contributed by atoms with Gasteiger partial charge in [0.15, 0.2) is 0 Å². The van der Waals surface area contributed by atoms with Gasteiger partial charge in [-0.3, -0.25) is 0 Å². The zero-order chi connectivity index (χ0) is 14.6. The average molecular weight is 285 g/mol. The van der Waals surface area contributed by atoms with Gasteiger partial charge >= 0.3 is 0 Å². The third kappa shape index (κ3) is 2.76. The molecule has 118 valence electrons. The summed E-state index contributed by atoms with van der Waals surface area (Å²) in [4.78, 5) is 0. The van der Waals surface area contributed by atoms with Crippen molar-refractivity contribution in [3.05, 3.63) is 0 Å². The molecular weight excluding hydrogens is 254 g/mol. The first kappa shape index (κ1) is 16.2. The van der Waals surface area contributed by atoms with Gasteiger partial charge in [0, 0.05) is 18.1 Å². The van der Waals surface area contributed by atoms with Gasteiger partial charge < -0.3 is 20.3 Å².